The number of hydrogen-bond donors (Lipinski definition) is 3. The third-order valence-corrected chi connectivity index (χ3v) is 4.87. The zero-order valence-corrected chi connectivity index (χ0v) is 17.7. The second-order valence-corrected chi connectivity index (χ2v) is 7.09. The first-order valence-corrected chi connectivity index (χ1v) is 9.86. The lowest BCUT2D eigenvalue weighted by molar-refractivity contribution is 0.0943. The molecule has 0 radical (unpaired) electrons. The van der Waals surface area contributed by atoms with E-state index in [1.165, 1.54) is 0 Å². The first-order chi connectivity index (χ1) is 12.9. The van der Waals surface area contributed by atoms with Crippen LogP contribution in [0, 0.1) is 13.8 Å². The van der Waals surface area contributed by atoms with Gasteiger partial charge >= 0.3 is 0 Å². The number of carbonyl (C=O) groups excluding carboxylic acids is 1. The maximum atomic E-state index is 12.5. The number of hydrogen-bond acceptors (Lipinski definition) is 3. The van der Waals surface area contributed by atoms with Crippen LogP contribution in [0.2, 0.25) is 5.15 Å². The van der Waals surface area contributed by atoms with Gasteiger partial charge in [-0.25, -0.2) is 0 Å². The van der Waals surface area contributed by atoms with Gasteiger partial charge in [0.15, 0.2) is 5.11 Å². The maximum Gasteiger partial charge on any atom is 0.274 e. The van der Waals surface area contributed by atoms with Gasteiger partial charge in [0.25, 0.3) is 5.91 Å². The lowest BCUT2D eigenvalue weighted by atomic mass is 10.1. The minimum Gasteiger partial charge on any atom is -0.331 e. The van der Waals surface area contributed by atoms with E-state index in [1.807, 2.05) is 25.1 Å². The number of rotatable bonds is 6. The molecule has 0 saturated heterocycles. The highest BCUT2D eigenvalue weighted by Crippen LogP contribution is 2.21. The second kappa shape index (κ2) is 9.71. The molecule has 6 nitrogen and oxygen atoms in total. The summed E-state index contributed by atoms with van der Waals surface area (Å²) in [6.45, 7) is 8.63. The molecule has 0 spiro atoms. The maximum absolute atomic E-state index is 12.5. The number of aryl methyl sites for hydroxylation is 4. The van der Waals surface area contributed by atoms with Gasteiger partial charge in [0.05, 0.1) is 5.69 Å². The average Bonchev–Trinajstić information content (AvgIpc) is 2.93. The number of nitrogens with one attached hydrogen (secondary N) is 3. The average molecular weight is 408 g/mol. The number of benzene rings is 1. The van der Waals surface area contributed by atoms with Crippen molar-refractivity contribution in [1.82, 2.24) is 20.6 Å². The van der Waals surface area contributed by atoms with Crippen molar-refractivity contribution in [2.45, 2.75) is 53.5 Å². The second-order valence-electron chi connectivity index (χ2n) is 6.32. The smallest absolute Gasteiger partial charge is 0.274 e. The van der Waals surface area contributed by atoms with Gasteiger partial charge in [0.1, 0.15) is 10.7 Å². The monoisotopic (exact) mass is 407 g/mol. The fourth-order valence-electron chi connectivity index (χ4n) is 2.79. The van der Waals surface area contributed by atoms with Crippen molar-refractivity contribution in [2.75, 3.05) is 5.32 Å². The molecule has 1 amide bonds. The number of thiocarbonyl (C=S) groups is 1. The Morgan fingerprint density at radius 3 is 2.67 bits per heavy atom. The third kappa shape index (κ3) is 5.20. The van der Waals surface area contributed by atoms with Crippen LogP contribution in [-0.4, -0.2) is 20.8 Å². The number of para-hydroxylation sites is 1. The van der Waals surface area contributed by atoms with E-state index in [4.69, 9.17) is 23.8 Å². The summed E-state index contributed by atoms with van der Waals surface area (Å²) in [7, 11) is 0. The van der Waals surface area contributed by atoms with E-state index in [-0.39, 0.29) is 5.91 Å². The largest absolute Gasteiger partial charge is 0.331 e. The summed E-state index contributed by atoms with van der Waals surface area (Å²) in [5.41, 5.74) is 9.47. The van der Waals surface area contributed by atoms with Crippen LogP contribution < -0.4 is 16.2 Å². The molecule has 8 heteroatoms. The van der Waals surface area contributed by atoms with E-state index >= 15 is 0 Å². The number of unbranched alkanes of at least 4 members (excludes halogenated alkanes) is 1. The standard InChI is InChI=1S/C19H26ClN5OS/c1-5-7-11-25-17(20)15(13(4)24-25)18(26)22-23-19(27)21-16-12(3)9-8-10-14(16)6-2/h8-10H,5-7,11H2,1-4H3,(H,22,26)(H2,21,23,27). The van der Waals surface area contributed by atoms with Crippen LogP contribution in [0.4, 0.5) is 5.69 Å². The van der Waals surface area contributed by atoms with Gasteiger partial charge in [0, 0.05) is 12.2 Å². The number of anilines is 1. The molecule has 146 valence electrons. The van der Waals surface area contributed by atoms with Gasteiger partial charge in [0.2, 0.25) is 0 Å². The molecule has 0 fully saturated rings. The molecular weight excluding hydrogens is 382 g/mol. The van der Waals surface area contributed by atoms with E-state index in [0.717, 1.165) is 36.1 Å². The minimum absolute atomic E-state index is 0.305. The molecule has 1 heterocycles. The highest BCUT2D eigenvalue weighted by Gasteiger charge is 2.20. The first-order valence-electron chi connectivity index (χ1n) is 9.07. The predicted octanol–water partition coefficient (Wildman–Crippen LogP) is 4.15. The lowest BCUT2D eigenvalue weighted by Crippen LogP contribution is -2.44. The van der Waals surface area contributed by atoms with Crippen molar-refractivity contribution in [3.05, 3.63) is 45.7 Å². The molecule has 2 aromatic rings. The molecule has 1 aromatic heterocycles. The van der Waals surface area contributed by atoms with Crippen LogP contribution in [0.15, 0.2) is 18.2 Å². The number of halogens is 1. The number of amides is 1. The normalized spacial score (nSPS) is 10.6. The van der Waals surface area contributed by atoms with Crippen LogP contribution in [-0.2, 0) is 13.0 Å². The number of aromatic nitrogens is 2. The molecule has 3 N–H and O–H groups in total. The quantitative estimate of drug-likeness (QED) is 0.495. The molecule has 0 aliphatic carbocycles. The molecule has 0 unspecified atom stereocenters. The summed E-state index contributed by atoms with van der Waals surface area (Å²) in [5.74, 6) is -0.370. The zero-order chi connectivity index (χ0) is 20.0. The number of carbonyl (C=O) groups is 1. The van der Waals surface area contributed by atoms with Gasteiger partial charge in [-0.2, -0.15) is 5.10 Å². The SMILES string of the molecule is CCCCn1nc(C)c(C(=O)NNC(=S)Nc2c(C)cccc2CC)c1Cl. The van der Waals surface area contributed by atoms with Crippen molar-refractivity contribution in [3.63, 3.8) is 0 Å². The van der Waals surface area contributed by atoms with E-state index in [0.29, 0.717) is 28.1 Å². The van der Waals surface area contributed by atoms with Crippen LogP contribution >= 0.6 is 23.8 Å². The van der Waals surface area contributed by atoms with Gasteiger partial charge in [-0.3, -0.25) is 20.3 Å². The van der Waals surface area contributed by atoms with Crippen molar-refractivity contribution in [1.29, 1.82) is 0 Å². The van der Waals surface area contributed by atoms with E-state index < -0.39 is 0 Å². The molecule has 2 rings (SSSR count). The van der Waals surface area contributed by atoms with Crippen molar-refractivity contribution >= 4 is 40.5 Å². The van der Waals surface area contributed by atoms with Crippen LogP contribution in [0.1, 0.15) is 53.9 Å². The summed E-state index contributed by atoms with van der Waals surface area (Å²) in [6, 6.07) is 6.07. The zero-order valence-electron chi connectivity index (χ0n) is 16.1. The highest BCUT2D eigenvalue weighted by atomic mass is 35.5. The van der Waals surface area contributed by atoms with E-state index in [9.17, 15) is 4.79 Å². The molecule has 0 aliphatic rings. The Hall–Kier alpha value is -2.12. The summed E-state index contributed by atoms with van der Waals surface area (Å²) in [6.07, 6.45) is 2.85. The summed E-state index contributed by atoms with van der Waals surface area (Å²) in [5, 5.41) is 8.14. The Kier molecular flexibility index (Phi) is 7.62. The first kappa shape index (κ1) is 21.2. The van der Waals surface area contributed by atoms with Gasteiger partial charge in [-0.15, -0.1) is 0 Å². The Bertz CT molecular complexity index is 834. The van der Waals surface area contributed by atoms with Crippen LogP contribution in [0.3, 0.4) is 0 Å². The van der Waals surface area contributed by atoms with Crippen LogP contribution in [0.25, 0.3) is 0 Å². The molecule has 0 aliphatic heterocycles. The predicted molar refractivity (Wildman–Crippen MR) is 114 cm³/mol. The third-order valence-electron chi connectivity index (χ3n) is 4.28. The van der Waals surface area contributed by atoms with Gasteiger partial charge in [-0.05, 0) is 50.0 Å². The Balaban J connectivity index is 2.02. The molecule has 1 aromatic carbocycles. The Labute approximate surface area is 170 Å². The summed E-state index contributed by atoms with van der Waals surface area (Å²) < 4.78 is 1.66. The molecule has 27 heavy (non-hydrogen) atoms. The van der Waals surface area contributed by atoms with Crippen molar-refractivity contribution < 1.29 is 4.79 Å². The van der Waals surface area contributed by atoms with E-state index in [1.54, 1.807) is 11.6 Å². The van der Waals surface area contributed by atoms with Crippen LogP contribution in [0.5, 0.6) is 0 Å². The lowest BCUT2D eigenvalue weighted by Gasteiger charge is -2.16. The molecule has 0 saturated carbocycles. The van der Waals surface area contributed by atoms with Crippen molar-refractivity contribution in [2.24, 2.45) is 0 Å². The number of nitrogens with zero attached hydrogens (tertiary/aromatic N) is 2. The Morgan fingerprint density at radius 1 is 1.26 bits per heavy atom. The molecular formula is C19H26ClN5OS. The Morgan fingerprint density at radius 2 is 2.00 bits per heavy atom. The fraction of sp³-hybridized carbons (Fsp3) is 0.421. The number of hydrazine groups is 1. The molecule has 0 bridgehead atoms. The molecule has 0 atom stereocenters. The van der Waals surface area contributed by atoms with Crippen molar-refractivity contribution in [3.8, 4) is 0 Å². The topological polar surface area (TPSA) is 71.0 Å². The van der Waals surface area contributed by atoms with Gasteiger partial charge < -0.3 is 5.32 Å². The minimum atomic E-state index is -0.370. The fourth-order valence-corrected chi connectivity index (χ4v) is 3.29. The van der Waals surface area contributed by atoms with Gasteiger partial charge in [-0.1, -0.05) is 50.1 Å². The highest BCUT2D eigenvalue weighted by molar-refractivity contribution is 7.80. The summed E-state index contributed by atoms with van der Waals surface area (Å²) >= 11 is 11.6. The van der Waals surface area contributed by atoms with E-state index in [2.05, 4.69) is 35.1 Å². The summed E-state index contributed by atoms with van der Waals surface area (Å²) in [4.78, 5) is 12.5.